The van der Waals surface area contributed by atoms with Crippen LogP contribution in [0.3, 0.4) is 0 Å². The maximum Gasteiger partial charge on any atom is 0.232 e. The second-order valence-corrected chi connectivity index (χ2v) is 4.29. The van der Waals surface area contributed by atoms with E-state index in [2.05, 4.69) is 15.3 Å². The highest BCUT2D eigenvalue weighted by Gasteiger charge is 2.33. The number of carbonyl (C=O) groups excluding carboxylic acids is 1. The van der Waals surface area contributed by atoms with Crippen LogP contribution in [0.5, 0.6) is 0 Å². The van der Waals surface area contributed by atoms with Crippen molar-refractivity contribution in [3.63, 3.8) is 0 Å². The van der Waals surface area contributed by atoms with Gasteiger partial charge in [-0.05, 0) is 18.9 Å². The van der Waals surface area contributed by atoms with Crippen LogP contribution in [-0.2, 0) is 9.53 Å². The number of nitrogens with one attached hydrogen (secondary N) is 1. The third-order valence-corrected chi connectivity index (χ3v) is 3.02. The summed E-state index contributed by atoms with van der Waals surface area (Å²) < 4.78 is 5.47. The van der Waals surface area contributed by atoms with Gasteiger partial charge in [-0.15, -0.1) is 0 Å². The molecule has 2 heterocycles. The fourth-order valence-corrected chi connectivity index (χ4v) is 2.09. The SMILES string of the molecule is CCC1OCCC1C(=O)Nc1nccc(Cl)n1. The summed E-state index contributed by atoms with van der Waals surface area (Å²) in [6.07, 6.45) is 3.07. The minimum atomic E-state index is -0.123. The van der Waals surface area contributed by atoms with Gasteiger partial charge in [-0.3, -0.25) is 10.1 Å². The Morgan fingerprint density at radius 3 is 3.24 bits per heavy atom. The van der Waals surface area contributed by atoms with Gasteiger partial charge in [0.15, 0.2) is 0 Å². The van der Waals surface area contributed by atoms with Crippen molar-refractivity contribution in [2.24, 2.45) is 5.92 Å². The van der Waals surface area contributed by atoms with E-state index in [0.717, 1.165) is 12.8 Å². The monoisotopic (exact) mass is 255 g/mol. The highest BCUT2D eigenvalue weighted by molar-refractivity contribution is 6.29. The van der Waals surface area contributed by atoms with Crippen molar-refractivity contribution in [2.45, 2.75) is 25.9 Å². The Morgan fingerprint density at radius 1 is 1.71 bits per heavy atom. The lowest BCUT2D eigenvalue weighted by atomic mass is 9.99. The minimum Gasteiger partial charge on any atom is -0.377 e. The van der Waals surface area contributed by atoms with Gasteiger partial charge in [0, 0.05) is 12.8 Å². The highest BCUT2D eigenvalue weighted by atomic mass is 35.5. The van der Waals surface area contributed by atoms with Gasteiger partial charge < -0.3 is 4.74 Å². The summed E-state index contributed by atoms with van der Waals surface area (Å²) in [5.41, 5.74) is 0. The Hall–Kier alpha value is -1.20. The van der Waals surface area contributed by atoms with Crippen molar-refractivity contribution in [3.8, 4) is 0 Å². The van der Waals surface area contributed by atoms with E-state index < -0.39 is 0 Å². The van der Waals surface area contributed by atoms with Gasteiger partial charge in [-0.2, -0.15) is 0 Å². The number of rotatable bonds is 3. The molecule has 1 N–H and O–H groups in total. The molecule has 2 rings (SSSR count). The van der Waals surface area contributed by atoms with Crippen LogP contribution in [0.4, 0.5) is 5.95 Å². The molecule has 0 bridgehead atoms. The fraction of sp³-hybridized carbons (Fsp3) is 0.545. The quantitative estimate of drug-likeness (QED) is 0.838. The normalized spacial score (nSPS) is 23.6. The van der Waals surface area contributed by atoms with Crippen LogP contribution in [-0.4, -0.2) is 28.6 Å². The number of nitrogens with zero attached hydrogens (tertiary/aromatic N) is 2. The van der Waals surface area contributed by atoms with Gasteiger partial charge in [-0.1, -0.05) is 18.5 Å². The van der Waals surface area contributed by atoms with E-state index in [-0.39, 0.29) is 23.9 Å². The van der Waals surface area contributed by atoms with E-state index in [1.54, 1.807) is 6.07 Å². The van der Waals surface area contributed by atoms with Crippen LogP contribution < -0.4 is 5.32 Å². The van der Waals surface area contributed by atoms with E-state index in [9.17, 15) is 4.79 Å². The van der Waals surface area contributed by atoms with Crippen LogP contribution in [0.2, 0.25) is 5.15 Å². The molecule has 2 unspecified atom stereocenters. The lowest BCUT2D eigenvalue weighted by Gasteiger charge is -2.15. The number of anilines is 1. The van der Waals surface area contributed by atoms with Gasteiger partial charge in [0.2, 0.25) is 11.9 Å². The predicted octanol–water partition coefficient (Wildman–Crippen LogP) is 1.88. The van der Waals surface area contributed by atoms with Crippen molar-refractivity contribution < 1.29 is 9.53 Å². The number of aromatic nitrogens is 2. The number of carbonyl (C=O) groups is 1. The Labute approximate surface area is 105 Å². The third-order valence-electron chi connectivity index (χ3n) is 2.81. The molecule has 0 spiro atoms. The first-order valence-corrected chi connectivity index (χ1v) is 5.99. The highest BCUT2D eigenvalue weighted by Crippen LogP contribution is 2.24. The molecule has 1 saturated heterocycles. The zero-order valence-electron chi connectivity index (χ0n) is 9.52. The van der Waals surface area contributed by atoms with Crippen molar-refractivity contribution in [3.05, 3.63) is 17.4 Å². The smallest absolute Gasteiger partial charge is 0.232 e. The molecule has 0 saturated carbocycles. The lowest BCUT2D eigenvalue weighted by Crippen LogP contribution is -2.29. The molecule has 0 radical (unpaired) electrons. The Bertz CT molecular complexity index is 413. The molecule has 5 nitrogen and oxygen atoms in total. The summed E-state index contributed by atoms with van der Waals surface area (Å²) in [6, 6.07) is 1.56. The van der Waals surface area contributed by atoms with Crippen LogP contribution >= 0.6 is 11.6 Å². The number of hydrogen-bond donors (Lipinski definition) is 1. The summed E-state index contributed by atoms with van der Waals surface area (Å²) in [6.45, 7) is 2.64. The molecule has 1 aliphatic rings. The zero-order chi connectivity index (χ0) is 12.3. The van der Waals surface area contributed by atoms with Gasteiger partial charge in [0.1, 0.15) is 5.15 Å². The second kappa shape index (κ2) is 5.42. The molecule has 2 atom stereocenters. The Morgan fingerprint density at radius 2 is 2.53 bits per heavy atom. The molecule has 1 fully saturated rings. The molecule has 1 aromatic rings. The van der Waals surface area contributed by atoms with Gasteiger partial charge in [0.05, 0.1) is 12.0 Å². The first kappa shape index (κ1) is 12.3. The van der Waals surface area contributed by atoms with Crippen LogP contribution in [0, 0.1) is 5.92 Å². The number of ether oxygens (including phenoxy) is 1. The summed E-state index contributed by atoms with van der Waals surface area (Å²) in [5, 5.41) is 2.97. The van der Waals surface area contributed by atoms with E-state index in [4.69, 9.17) is 16.3 Å². The summed E-state index contributed by atoms with van der Waals surface area (Å²) in [5.74, 6) is 0.0171. The van der Waals surface area contributed by atoms with Crippen LogP contribution in [0.1, 0.15) is 19.8 Å². The topological polar surface area (TPSA) is 64.1 Å². The molecular weight excluding hydrogens is 242 g/mol. The molecule has 0 aromatic carbocycles. The van der Waals surface area contributed by atoms with Crippen molar-refractivity contribution in [1.82, 2.24) is 9.97 Å². The minimum absolute atomic E-state index is 0.00539. The average molecular weight is 256 g/mol. The van der Waals surface area contributed by atoms with E-state index in [0.29, 0.717) is 11.8 Å². The van der Waals surface area contributed by atoms with Crippen molar-refractivity contribution in [1.29, 1.82) is 0 Å². The Balaban J connectivity index is 2.01. The molecule has 17 heavy (non-hydrogen) atoms. The third kappa shape index (κ3) is 2.92. The van der Waals surface area contributed by atoms with Crippen LogP contribution in [0.25, 0.3) is 0 Å². The zero-order valence-corrected chi connectivity index (χ0v) is 10.3. The van der Waals surface area contributed by atoms with Crippen molar-refractivity contribution in [2.75, 3.05) is 11.9 Å². The molecule has 92 valence electrons. The lowest BCUT2D eigenvalue weighted by molar-refractivity contribution is -0.121. The average Bonchev–Trinajstić information content (AvgIpc) is 2.77. The predicted molar refractivity (Wildman–Crippen MR) is 63.8 cm³/mol. The second-order valence-electron chi connectivity index (χ2n) is 3.90. The fourth-order valence-electron chi connectivity index (χ4n) is 1.95. The van der Waals surface area contributed by atoms with Crippen molar-refractivity contribution >= 4 is 23.5 Å². The molecular formula is C11H14ClN3O2. The molecule has 6 heteroatoms. The largest absolute Gasteiger partial charge is 0.377 e. The first-order valence-electron chi connectivity index (χ1n) is 5.61. The maximum atomic E-state index is 12.0. The van der Waals surface area contributed by atoms with Gasteiger partial charge in [0.25, 0.3) is 0 Å². The number of hydrogen-bond acceptors (Lipinski definition) is 4. The van der Waals surface area contributed by atoms with Crippen LogP contribution in [0.15, 0.2) is 12.3 Å². The molecule has 1 amide bonds. The molecule has 1 aromatic heterocycles. The first-order chi connectivity index (χ1) is 8.20. The van der Waals surface area contributed by atoms with Gasteiger partial charge >= 0.3 is 0 Å². The standard InChI is InChI=1S/C11H14ClN3O2/c1-2-8-7(4-6-17-8)10(16)15-11-13-5-3-9(12)14-11/h3,5,7-8H,2,4,6H2,1H3,(H,13,14,15,16). The Kier molecular flexibility index (Phi) is 3.91. The van der Waals surface area contributed by atoms with Gasteiger partial charge in [-0.25, -0.2) is 9.97 Å². The number of halogens is 1. The summed E-state index contributed by atoms with van der Waals surface area (Å²) in [7, 11) is 0. The summed E-state index contributed by atoms with van der Waals surface area (Å²) in [4.78, 5) is 19.8. The molecule has 1 aliphatic heterocycles. The van der Waals surface area contributed by atoms with E-state index in [1.165, 1.54) is 6.20 Å². The summed E-state index contributed by atoms with van der Waals surface area (Å²) >= 11 is 5.72. The maximum absolute atomic E-state index is 12.0. The van der Waals surface area contributed by atoms with E-state index in [1.807, 2.05) is 6.92 Å². The molecule has 0 aliphatic carbocycles. The van der Waals surface area contributed by atoms with E-state index >= 15 is 0 Å². The number of amides is 1.